The number of halogens is 1. The molecule has 2 unspecified atom stereocenters. The van der Waals surface area contributed by atoms with E-state index >= 15 is 0 Å². The van der Waals surface area contributed by atoms with Crippen LogP contribution in [-0.2, 0) is 4.79 Å². The van der Waals surface area contributed by atoms with Crippen LogP contribution in [0.5, 0.6) is 0 Å². The Morgan fingerprint density at radius 3 is 2.47 bits per heavy atom. The van der Waals surface area contributed by atoms with E-state index in [1.54, 1.807) is 0 Å². The zero-order valence-corrected chi connectivity index (χ0v) is 7.72. The van der Waals surface area contributed by atoms with Crippen molar-refractivity contribution in [2.75, 3.05) is 5.73 Å². The second-order valence-electron chi connectivity index (χ2n) is 3.07. The number of hydrogen-bond acceptors (Lipinski definition) is 4. The van der Waals surface area contributed by atoms with Crippen molar-refractivity contribution in [1.29, 1.82) is 0 Å². The molecule has 0 saturated heterocycles. The normalized spacial score (nSPS) is 14.6. The Labute approximate surface area is 85.1 Å². The predicted molar refractivity (Wildman–Crippen MR) is 51.0 cm³/mol. The van der Waals surface area contributed by atoms with E-state index in [0.717, 1.165) is 6.07 Å². The van der Waals surface area contributed by atoms with Gasteiger partial charge in [-0.25, -0.2) is 4.39 Å². The fourth-order valence-electron chi connectivity index (χ4n) is 1.11. The summed E-state index contributed by atoms with van der Waals surface area (Å²) in [4.78, 5) is 10.6. The van der Waals surface area contributed by atoms with E-state index in [1.165, 1.54) is 12.1 Å². The molecule has 0 aliphatic heterocycles. The lowest BCUT2D eigenvalue weighted by Gasteiger charge is -2.15. The van der Waals surface area contributed by atoms with Gasteiger partial charge in [-0.1, -0.05) is 6.07 Å². The topological polar surface area (TPSA) is 110 Å². The van der Waals surface area contributed by atoms with E-state index in [0.29, 0.717) is 0 Å². The number of benzene rings is 1. The number of aliphatic hydroxyl groups excluding tert-OH is 2. The minimum Gasteiger partial charge on any atom is -0.399 e. The van der Waals surface area contributed by atoms with Gasteiger partial charge >= 0.3 is 0 Å². The molecule has 15 heavy (non-hydrogen) atoms. The summed E-state index contributed by atoms with van der Waals surface area (Å²) in [5, 5.41) is 18.5. The van der Waals surface area contributed by atoms with E-state index in [1.807, 2.05) is 0 Å². The first kappa shape index (κ1) is 11.4. The van der Waals surface area contributed by atoms with Crippen LogP contribution in [0.4, 0.5) is 10.1 Å². The smallest absolute Gasteiger partial charge is 0.249 e. The van der Waals surface area contributed by atoms with Gasteiger partial charge in [-0.2, -0.15) is 0 Å². The van der Waals surface area contributed by atoms with Gasteiger partial charge in [0.05, 0.1) is 0 Å². The van der Waals surface area contributed by atoms with Gasteiger partial charge in [0.25, 0.3) is 0 Å². The molecular weight excluding hydrogens is 203 g/mol. The zero-order valence-electron chi connectivity index (χ0n) is 7.72. The number of rotatable bonds is 3. The molecule has 1 amide bonds. The van der Waals surface area contributed by atoms with E-state index in [2.05, 4.69) is 0 Å². The van der Waals surface area contributed by atoms with Gasteiger partial charge in [-0.05, 0) is 12.1 Å². The summed E-state index contributed by atoms with van der Waals surface area (Å²) in [6.45, 7) is 0. The quantitative estimate of drug-likeness (QED) is 0.498. The summed E-state index contributed by atoms with van der Waals surface area (Å²) in [6.07, 6.45) is -3.54. The molecular formula is C9H11FN2O3. The minimum atomic E-state index is -1.84. The monoisotopic (exact) mass is 214 g/mol. The van der Waals surface area contributed by atoms with Crippen LogP contribution in [-0.4, -0.2) is 22.2 Å². The van der Waals surface area contributed by atoms with Crippen molar-refractivity contribution in [3.63, 3.8) is 0 Å². The fourth-order valence-corrected chi connectivity index (χ4v) is 1.11. The minimum absolute atomic E-state index is 0.178. The maximum absolute atomic E-state index is 13.2. The fraction of sp³-hybridized carbons (Fsp3) is 0.222. The van der Waals surface area contributed by atoms with Gasteiger partial charge in [0.1, 0.15) is 11.9 Å². The number of carbonyl (C=O) groups excluding carboxylic acids is 1. The number of anilines is 1. The van der Waals surface area contributed by atoms with Crippen LogP contribution in [0.3, 0.4) is 0 Å². The molecule has 6 N–H and O–H groups in total. The predicted octanol–water partition coefficient (Wildman–Crippen LogP) is -0.713. The molecule has 6 heteroatoms. The molecule has 1 aromatic rings. The number of primary amides is 1. The van der Waals surface area contributed by atoms with Crippen LogP contribution < -0.4 is 11.5 Å². The highest BCUT2D eigenvalue weighted by atomic mass is 19.1. The summed E-state index contributed by atoms with van der Waals surface area (Å²) >= 11 is 0. The SMILES string of the molecule is NC(=O)C(O)C(O)c1ccc(N)cc1F. The summed E-state index contributed by atoms with van der Waals surface area (Å²) < 4.78 is 13.2. The van der Waals surface area contributed by atoms with Crippen LogP contribution in [0, 0.1) is 5.82 Å². The van der Waals surface area contributed by atoms with Gasteiger partial charge in [0, 0.05) is 11.3 Å². The number of nitrogens with two attached hydrogens (primary N) is 2. The van der Waals surface area contributed by atoms with E-state index < -0.39 is 23.9 Å². The molecule has 0 saturated carbocycles. The molecule has 0 aliphatic rings. The lowest BCUT2D eigenvalue weighted by Crippen LogP contribution is -2.34. The molecule has 5 nitrogen and oxygen atoms in total. The molecule has 0 heterocycles. The molecule has 0 fully saturated rings. The maximum Gasteiger partial charge on any atom is 0.249 e. The average molecular weight is 214 g/mol. The highest BCUT2D eigenvalue weighted by Gasteiger charge is 2.25. The van der Waals surface area contributed by atoms with Gasteiger partial charge < -0.3 is 21.7 Å². The summed E-state index contributed by atoms with van der Waals surface area (Å²) in [5.41, 5.74) is 10.00. The van der Waals surface area contributed by atoms with Crippen LogP contribution in [0.1, 0.15) is 11.7 Å². The largest absolute Gasteiger partial charge is 0.399 e. The summed E-state index contributed by atoms with van der Waals surface area (Å²) in [5.74, 6) is -1.93. The lowest BCUT2D eigenvalue weighted by molar-refractivity contribution is -0.132. The van der Waals surface area contributed by atoms with Gasteiger partial charge in [0.2, 0.25) is 5.91 Å². The van der Waals surface area contributed by atoms with Gasteiger partial charge in [-0.3, -0.25) is 4.79 Å². The maximum atomic E-state index is 13.2. The number of aliphatic hydroxyl groups is 2. The Balaban J connectivity index is 3.01. The van der Waals surface area contributed by atoms with Crippen LogP contribution in [0.15, 0.2) is 18.2 Å². The van der Waals surface area contributed by atoms with Crippen molar-refractivity contribution in [2.24, 2.45) is 5.73 Å². The van der Waals surface area contributed by atoms with Crippen molar-refractivity contribution < 1.29 is 19.4 Å². The first-order chi connectivity index (χ1) is 6.93. The lowest BCUT2D eigenvalue weighted by atomic mass is 10.0. The second-order valence-corrected chi connectivity index (χ2v) is 3.07. The molecule has 1 aromatic carbocycles. The molecule has 2 atom stereocenters. The highest BCUT2D eigenvalue weighted by molar-refractivity contribution is 5.79. The molecule has 1 rings (SSSR count). The number of nitrogen functional groups attached to an aromatic ring is 1. The number of hydrogen-bond donors (Lipinski definition) is 4. The summed E-state index contributed by atoms with van der Waals surface area (Å²) in [6, 6.07) is 3.50. The molecule has 0 aliphatic carbocycles. The Morgan fingerprint density at radius 1 is 1.40 bits per heavy atom. The highest BCUT2D eigenvalue weighted by Crippen LogP contribution is 2.21. The second kappa shape index (κ2) is 4.24. The molecule has 82 valence electrons. The Kier molecular flexibility index (Phi) is 3.23. The third-order valence-electron chi connectivity index (χ3n) is 1.93. The Bertz CT molecular complexity index is 384. The Morgan fingerprint density at radius 2 is 2.00 bits per heavy atom. The molecule has 0 spiro atoms. The van der Waals surface area contributed by atoms with Crippen molar-refractivity contribution >= 4 is 11.6 Å². The van der Waals surface area contributed by atoms with Crippen LogP contribution in [0.25, 0.3) is 0 Å². The van der Waals surface area contributed by atoms with E-state index in [9.17, 15) is 14.3 Å². The van der Waals surface area contributed by atoms with Crippen molar-refractivity contribution in [1.82, 2.24) is 0 Å². The van der Waals surface area contributed by atoms with Gasteiger partial charge in [-0.15, -0.1) is 0 Å². The number of amides is 1. The average Bonchev–Trinajstić information content (AvgIpc) is 2.15. The standard InChI is InChI=1S/C9H11FN2O3/c10-6-3-4(11)1-2-5(6)7(13)8(14)9(12)15/h1-3,7-8,13-14H,11H2,(H2,12,15). The van der Waals surface area contributed by atoms with E-state index in [4.69, 9.17) is 16.6 Å². The first-order valence-corrected chi connectivity index (χ1v) is 4.14. The zero-order chi connectivity index (χ0) is 11.6. The third kappa shape index (κ3) is 2.42. The first-order valence-electron chi connectivity index (χ1n) is 4.14. The van der Waals surface area contributed by atoms with Crippen molar-refractivity contribution in [2.45, 2.75) is 12.2 Å². The molecule has 0 aromatic heterocycles. The van der Waals surface area contributed by atoms with Crippen LogP contribution in [0.2, 0.25) is 0 Å². The number of carbonyl (C=O) groups is 1. The van der Waals surface area contributed by atoms with Crippen LogP contribution >= 0.6 is 0 Å². The van der Waals surface area contributed by atoms with Crippen molar-refractivity contribution in [3.8, 4) is 0 Å². The molecule has 0 bridgehead atoms. The van der Waals surface area contributed by atoms with Gasteiger partial charge in [0.15, 0.2) is 6.10 Å². The third-order valence-corrected chi connectivity index (χ3v) is 1.93. The van der Waals surface area contributed by atoms with E-state index in [-0.39, 0.29) is 11.3 Å². The Hall–Kier alpha value is -1.66. The van der Waals surface area contributed by atoms with Crippen molar-refractivity contribution in [3.05, 3.63) is 29.6 Å². The summed E-state index contributed by atoms with van der Waals surface area (Å²) in [7, 11) is 0. The molecule has 0 radical (unpaired) electrons.